The molecule has 0 saturated carbocycles. The Kier molecular flexibility index (Phi) is 5.59. The summed E-state index contributed by atoms with van der Waals surface area (Å²) < 4.78 is 1.75. The zero-order valence-electron chi connectivity index (χ0n) is 15.1. The quantitative estimate of drug-likeness (QED) is 0.371. The highest BCUT2D eigenvalue weighted by Crippen LogP contribution is 2.25. The molecule has 9 nitrogen and oxygen atoms in total. The predicted molar refractivity (Wildman–Crippen MR) is 105 cm³/mol. The minimum absolute atomic E-state index is 0.0731. The largest absolute Gasteiger partial charge is 0.508 e. The Labute approximate surface area is 164 Å². The van der Waals surface area contributed by atoms with Gasteiger partial charge in [-0.1, -0.05) is 17.8 Å². The lowest BCUT2D eigenvalue weighted by molar-refractivity contribution is -0.384. The number of phenolic OH excluding ortho intramolecular Hbond substituents is 1. The van der Waals surface area contributed by atoms with Crippen LogP contribution in [0.3, 0.4) is 0 Å². The zero-order chi connectivity index (χ0) is 20.3. The van der Waals surface area contributed by atoms with Gasteiger partial charge in [0, 0.05) is 24.7 Å². The van der Waals surface area contributed by atoms with Gasteiger partial charge in [-0.05, 0) is 36.8 Å². The van der Waals surface area contributed by atoms with Crippen LogP contribution in [0, 0.1) is 17.0 Å². The summed E-state index contributed by atoms with van der Waals surface area (Å²) in [6.45, 7) is 1.76. The standard InChI is InChI=1S/C18H17N5O4S/c1-11-3-6-13(23(26)27)9-15(11)19-16(25)10-28-18-21-20-17(22(18)2)12-4-7-14(24)8-5-12/h3-9,24H,10H2,1-2H3,(H,19,25). The lowest BCUT2D eigenvalue weighted by Gasteiger charge is -2.08. The molecule has 0 spiro atoms. The lowest BCUT2D eigenvalue weighted by Crippen LogP contribution is -2.15. The molecule has 144 valence electrons. The van der Waals surface area contributed by atoms with Crippen LogP contribution in [0.2, 0.25) is 0 Å². The number of thioether (sulfide) groups is 1. The number of carbonyl (C=O) groups is 1. The normalized spacial score (nSPS) is 10.6. The van der Waals surface area contributed by atoms with E-state index in [4.69, 9.17) is 0 Å². The molecule has 2 N–H and O–H groups in total. The molecular formula is C18H17N5O4S. The fourth-order valence-electron chi connectivity index (χ4n) is 2.48. The number of nitrogens with one attached hydrogen (secondary N) is 1. The highest BCUT2D eigenvalue weighted by Gasteiger charge is 2.15. The van der Waals surface area contributed by atoms with E-state index >= 15 is 0 Å². The Morgan fingerprint density at radius 2 is 1.96 bits per heavy atom. The van der Waals surface area contributed by atoms with Gasteiger partial charge in [-0.3, -0.25) is 14.9 Å². The van der Waals surface area contributed by atoms with E-state index in [1.807, 2.05) is 0 Å². The second-order valence-electron chi connectivity index (χ2n) is 6.01. The van der Waals surface area contributed by atoms with Gasteiger partial charge in [0.05, 0.1) is 16.4 Å². The van der Waals surface area contributed by atoms with Crippen LogP contribution in [-0.4, -0.2) is 36.5 Å². The fraction of sp³-hybridized carbons (Fsp3) is 0.167. The summed E-state index contributed by atoms with van der Waals surface area (Å²) in [4.78, 5) is 22.6. The first-order chi connectivity index (χ1) is 13.3. The maximum Gasteiger partial charge on any atom is 0.271 e. The van der Waals surface area contributed by atoms with Crippen molar-refractivity contribution in [1.82, 2.24) is 14.8 Å². The first-order valence-electron chi connectivity index (χ1n) is 8.21. The number of nitro benzene ring substituents is 1. The number of amides is 1. The maximum atomic E-state index is 12.3. The summed E-state index contributed by atoms with van der Waals surface area (Å²) in [5, 5.41) is 31.7. The first-order valence-corrected chi connectivity index (χ1v) is 9.20. The average molecular weight is 399 g/mol. The minimum atomic E-state index is -0.506. The summed E-state index contributed by atoms with van der Waals surface area (Å²) in [7, 11) is 1.78. The third-order valence-electron chi connectivity index (χ3n) is 4.00. The van der Waals surface area contributed by atoms with Crippen LogP contribution in [0.25, 0.3) is 11.4 Å². The van der Waals surface area contributed by atoms with E-state index in [1.165, 1.54) is 23.9 Å². The van der Waals surface area contributed by atoms with Crippen molar-refractivity contribution in [2.45, 2.75) is 12.1 Å². The molecule has 1 amide bonds. The molecule has 0 atom stereocenters. The molecule has 28 heavy (non-hydrogen) atoms. The van der Waals surface area contributed by atoms with E-state index in [0.29, 0.717) is 16.7 Å². The highest BCUT2D eigenvalue weighted by atomic mass is 32.2. The van der Waals surface area contributed by atoms with Crippen molar-refractivity contribution >= 4 is 29.0 Å². The molecule has 0 radical (unpaired) electrons. The summed E-state index contributed by atoms with van der Waals surface area (Å²) in [6, 6.07) is 10.9. The van der Waals surface area contributed by atoms with Crippen LogP contribution >= 0.6 is 11.8 Å². The van der Waals surface area contributed by atoms with Crippen molar-refractivity contribution in [2.24, 2.45) is 7.05 Å². The zero-order valence-corrected chi connectivity index (χ0v) is 15.9. The van der Waals surface area contributed by atoms with Gasteiger partial charge < -0.3 is 15.0 Å². The monoisotopic (exact) mass is 399 g/mol. The molecule has 0 aliphatic rings. The Morgan fingerprint density at radius 1 is 1.25 bits per heavy atom. The Bertz CT molecular complexity index is 1030. The van der Waals surface area contributed by atoms with Gasteiger partial charge in [0.15, 0.2) is 11.0 Å². The number of nitro groups is 1. The molecule has 0 fully saturated rings. The van der Waals surface area contributed by atoms with E-state index in [9.17, 15) is 20.0 Å². The van der Waals surface area contributed by atoms with Gasteiger partial charge >= 0.3 is 0 Å². The highest BCUT2D eigenvalue weighted by molar-refractivity contribution is 7.99. The summed E-state index contributed by atoms with van der Waals surface area (Å²) >= 11 is 1.20. The molecule has 2 aromatic carbocycles. The van der Waals surface area contributed by atoms with Gasteiger partial charge in [0.2, 0.25) is 5.91 Å². The van der Waals surface area contributed by atoms with Gasteiger partial charge in [-0.25, -0.2) is 0 Å². The molecule has 1 heterocycles. The van der Waals surface area contributed by atoms with Crippen molar-refractivity contribution < 1.29 is 14.8 Å². The predicted octanol–water partition coefficient (Wildman–Crippen LogP) is 3.14. The molecule has 0 unspecified atom stereocenters. The SMILES string of the molecule is Cc1ccc([N+](=O)[O-])cc1NC(=O)CSc1nnc(-c2ccc(O)cc2)n1C. The second-order valence-corrected chi connectivity index (χ2v) is 6.95. The molecule has 0 aliphatic carbocycles. The summed E-state index contributed by atoms with van der Waals surface area (Å²) in [5.74, 6) is 0.540. The number of aryl methyl sites for hydroxylation is 1. The van der Waals surface area contributed by atoms with Crippen LogP contribution in [0.4, 0.5) is 11.4 Å². The average Bonchev–Trinajstić information content (AvgIpc) is 3.03. The van der Waals surface area contributed by atoms with E-state index < -0.39 is 4.92 Å². The molecule has 1 aromatic heterocycles. The number of hydrogen-bond acceptors (Lipinski definition) is 7. The van der Waals surface area contributed by atoms with Crippen LogP contribution in [-0.2, 0) is 11.8 Å². The second kappa shape index (κ2) is 8.09. The summed E-state index contributed by atoms with van der Waals surface area (Å²) in [6.07, 6.45) is 0. The van der Waals surface area contributed by atoms with E-state index in [-0.39, 0.29) is 23.1 Å². The van der Waals surface area contributed by atoms with Gasteiger partial charge in [-0.15, -0.1) is 10.2 Å². The third-order valence-corrected chi connectivity index (χ3v) is 5.02. The molecule has 3 aromatic rings. The van der Waals surface area contributed by atoms with Crippen LogP contribution in [0.1, 0.15) is 5.56 Å². The molecular weight excluding hydrogens is 382 g/mol. The molecule has 10 heteroatoms. The number of rotatable bonds is 6. The van der Waals surface area contributed by atoms with Crippen LogP contribution in [0.15, 0.2) is 47.6 Å². The Balaban J connectivity index is 1.66. The van der Waals surface area contributed by atoms with Crippen LogP contribution < -0.4 is 5.32 Å². The molecule has 0 aliphatic heterocycles. The van der Waals surface area contributed by atoms with Crippen LogP contribution in [0.5, 0.6) is 5.75 Å². The van der Waals surface area contributed by atoms with Crippen molar-refractivity contribution in [3.63, 3.8) is 0 Å². The first kappa shape index (κ1) is 19.4. The fourth-order valence-corrected chi connectivity index (χ4v) is 3.19. The smallest absolute Gasteiger partial charge is 0.271 e. The van der Waals surface area contributed by atoms with E-state index in [2.05, 4.69) is 15.5 Å². The number of anilines is 1. The Morgan fingerprint density at radius 3 is 2.64 bits per heavy atom. The van der Waals surface area contributed by atoms with Crippen molar-refractivity contribution in [3.05, 3.63) is 58.1 Å². The van der Waals surface area contributed by atoms with Crippen molar-refractivity contribution in [1.29, 1.82) is 0 Å². The topological polar surface area (TPSA) is 123 Å². The van der Waals surface area contributed by atoms with Gasteiger partial charge in [0.1, 0.15) is 5.75 Å². The number of hydrogen-bond donors (Lipinski definition) is 2. The number of phenols is 1. The molecule has 0 bridgehead atoms. The van der Waals surface area contributed by atoms with Crippen molar-refractivity contribution in [3.8, 4) is 17.1 Å². The van der Waals surface area contributed by atoms with Crippen molar-refractivity contribution in [2.75, 3.05) is 11.1 Å². The number of aromatic nitrogens is 3. The number of non-ortho nitro benzene ring substituents is 1. The Hall–Kier alpha value is -3.40. The van der Waals surface area contributed by atoms with Gasteiger partial charge in [-0.2, -0.15) is 0 Å². The van der Waals surface area contributed by atoms with E-state index in [1.54, 1.807) is 48.9 Å². The summed E-state index contributed by atoms with van der Waals surface area (Å²) in [5.41, 5.74) is 1.84. The van der Waals surface area contributed by atoms with Gasteiger partial charge in [0.25, 0.3) is 5.69 Å². The maximum absolute atomic E-state index is 12.3. The minimum Gasteiger partial charge on any atom is -0.508 e. The molecule has 3 rings (SSSR count). The number of carbonyl (C=O) groups excluding carboxylic acids is 1. The van der Waals surface area contributed by atoms with E-state index in [0.717, 1.165) is 11.1 Å². The number of aromatic hydroxyl groups is 1. The molecule has 0 saturated heterocycles. The number of nitrogens with zero attached hydrogens (tertiary/aromatic N) is 4. The third kappa shape index (κ3) is 4.29. The lowest BCUT2D eigenvalue weighted by atomic mass is 10.2. The number of benzene rings is 2.